The van der Waals surface area contributed by atoms with Crippen LogP contribution in [-0.2, 0) is 40.3 Å². The van der Waals surface area contributed by atoms with Crippen LogP contribution < -0.4 is 20.1 Å². The lowest BCUT2D eigenvalue weighted by Gasteiger charge is -2.12. The van der Waals surface area contributed by atoms with Gasteiger partial charge in [0.2, 0.25) is 0 Å². The van der Waals surface area contributed by atoms with Gasteiger partial charge in [-0.05, 0) is 108 Å². The number of fused-ring (bicyclic) bond motifs is 2. The number of phenolic OH excluding ortho intramolecular Hbond substituents is 2. The molecular formula is C33H26N4O13S4. The lowest BCUT2D eigenvalue weighted by molar-refractivity contribution is 0.262. The molecule has 0 aromatic heterocycles. The van der Waals surface area contributed by atoms with Crippen molar-refractivity contribution >= 4 is 90.6 Å². The molecule has 0 aliphatic rings. The molecule has 6 aromatic rings. The number of amides is 2. The van der Waals surface area contributed by atoms with E-state index in [2.05, 4.69) is 20.1 Å². The van der Waals surface area contributed by atoms with E-state index >= 15 is 0 Å². The van der Waals surface area contributed by atoms with Gasteiger partial charge < -0.3 is 20.8 Å². The molecule has 0 atom stereocenters. The van der Waals surface area contributed by atoms with Gasteiger partial charge in [-0.1, -0.05) is 0 Å². The van der Waals surface area contributed by atoms with Gasteiger partial charge in [0.1, 0.15) is 11.5 Å². The fraction of sp³-hybridized carbons (Fsp3) is 0. The second-order valence-corrected chi connectivity index (χ2v) is 17.8. The van der Waals surface area contributed by atoms with Crippen molar-refractivity contribution in [3.05, 3.63) is 109 Å². The van der Waals surface area contributed by atoms with Gasteiger partial charge in [0, 0.05) is 45.7 Å². The standard InChI is InChI=1S/C33H26N4O13S4/c38-31-17-27(53(45,46)47)15-19-13-23(5-11-29(19)31)36-51(41,42)25-7-1-21(2-8-25)34-33(40)35-22-3-9-26(10-4-22)52(43,44)37-24-6-12-30-20(14-24)16-28(18-32(30)39)54(48,49)50/h1-18,36-39H,(H2,34,35,40)(H,45,46,47)(H,48,49,50). The number of sulfonamides is 2. The predicted octanol–water partition coefficient (Wildman–Crippen LogP) is 5.14. The second kappa shape index (κ2) is 13.8. The molecule has 0 bridgehead atoms. The summed E-state index contributed by atoms with van der Waals surface area (Å²) in [5.74, 6) is -0.880. The number of hydrogen-bond donors (Lipinski definition) is 8. The fourth-order valence-electron chi connectivity index (χ4n) is 5.23. The smallest absolute Gasteiger partial charge is 0.323 e. The Morgan fingerprint density at radius 3 is 1.09 bits per heavy atom. The van der Waals surface area contributed by atoms with Gasteiger partial charge in [-0.3, -0.25) is 18.5 Å². The first-order valence-corrected chi connectivity index (χ1v) is 20.8. The van der Waals surface area contributed by atoms with Gasteiger partial charge in [0.25, 0.3) is 40.3 Å². The molecule has 2 amide bonds. The molecule has 0 fully saturated rings. The number of nitrogens with one attached hydrogen (secondary N) is 4. The summed E-state index contributed by atoms with van der Waals surface area (Å²) in [6.07, 6.45) is 0. The summed E-state index contributed by atoms with van der Waals surface area (Å²) < 4.78 is 122. The number of rotatable bonds is 10. The predicted molar refractivity (Wildman–Crippen MR) is 198 cm³/mol. The largest absolute Gasteiger partial charge is 0.507 e. The Bertz CT molecular complexity index is 2740. The zero-order valence-corrected chi connectivity index (χ0v) is 30.3. The van der Waals surface area contributed by atoms with Crippen LogP contribution in [0.1, 0.15) is 0 Å². The molecule has 0 spiro atoms. The molecule has 0 aliphatic heterocycles. The van der Waals surface area contributed by atoms with Crippen LogP contribution in [0.4, 0.5) is 27.5 Å². The van der Waals surface area contributed by atoms with Crippen molar-refractivity contribution in [1.82, 2.24) is 0 Å². The molecule has 54 heavy (non-hydrogen) atoms. The highest BCUT2D eigenvalue weighted by Crippen LogP contribution is 2.33. The molecule has 21 heteroatoms. The number of benzene rings is 6. The number of hydrogen-bond acceptors (Lipinski definition) is 11. The summed E-state index contributed by atoms with van der Waals surface area (Å²) in [6, 6.07) is 21.1. The van der Waals surface area contributed by atoms with E-state index in [0.717, 1.165) is 24.3 Å². The first-order valence-electron chi connectivity index (χ1n) is 15.0. The molecule has 0 unspecified atom stereocenters. The minimum absolute atomic E-state index is 0.0252. The Kier molecular flexibility index (Phi) is 9.64. The van der Waals surface area contributed by atoms with Crippen LogP contribution >= 0.6 is 0 Å². The van der Waals surface area contributed by atoms with Crippen LogP contribution in [0, 0.1) is 0 Å². The van der Waals surface area contributed by atoms with Crippen molar-refractivity contribution in [3.8, 4) is 11.5 Å². The SMILES string of the molecule is O=C(Nc1ccc(S(=O)(=O)Nc2ccc3c(O)cc(S(=O)(=O)O)cc3c2)cc1)Nc1ccc(S(=O)(=O)Nc2ccc3c(O)cc(S(=O)(=O)O)cc3c2)cc1. The van der Waals surface area contributed by atoms with Gasteiger partial charge in [-0.2, -0.15) is 16.8 Å². The van der Waals surface area contributed by atoms with Crippen molar-refractivity contribution in [2.45, 2.75) is 19.6 Å². The van der Waals surface area contributed by atoms with E-state index in [4.69, 9.17) is 0 Å². The van der Waals surface area contributed by atoms with E-state index in [1.165, 1.54) is 84.9 Å². The van der Waals surface area contributed by atoms with Crippen molar-refractivity contribution in [3.63, 3.8) is 0 Å². The van der Waals surface area contributed by atoms with E-state index < -0.39 is 67.6 Å². The highest BCUT2D eigenvalue weighted by Gasteiger charge is 2.19. The van der Waals surface area contributed by atoms with E-state index in [0.29, 0.717) is 0 Å². The van der Waals surface area contributed by atoms with Crippen molar-refractivity contribution in [2.24, 2.45) is 0 Å². The first kappa shape index (κ1) is 37.8. The molecule has 0 aliphatic carbocycles. The van der Waals surface area contributed by atoms with E-state index in [1.54, 1.807) is 0 Å². The minimum Gasteiger partial charge on any atom is -0.507 e. The van der Waals surface area contributed by atoms with E-state index in [9.17, 15) is 57.8 Å². The lowest BCUT2D eigenvalue weighted by atomic mass is 10.1. The topological polar surface area (TPSA) is 283 Å². The molecule has 0 saturated heterocycles. The maximum atomic E-state index is 13.0. The summed E-state index contributed by atoms with van der Waals surface area (Å²) in [6.45, 7) is 0. The van der Waals surface area contributed by atoms with Gasteiger partial charge >= 0.3 is 6.03 Å². The molecule has 0 heterocycles. The summed E-state index contributed by atoms with van der Waals surface area (Å²) in [7, 11) is -17.7. The summed E-state index contributed by atoms with van der Waals surface area (Å²) in [4.78, 5) is 11.1. The highest BCUT2D eigenvalue weighted by atomic mass is 32.2. The van der Waals surface area contributed by atoms with Crippen molar-refractivity contribution < 1.29 is 57.8 Å². The van der Waals surface area contributed by atoms with Gasteiger partial charge in [-0.15, -0.1) is 0 Å². The first-order chi connectivity index (χ1) is 25.2. The Morgan fingerprint density at radius 2 is 0.759 bits per heavy atom. The molecule has 0 radical (unpaired) electrons. The van der Waals surface area contributed by atoms with Crippen molar-refractivity contribution in [2.75, 3.05) is 20.1 Å². The number of phenols is 2. The Labute approximate surface area is 307 Å². The molecule has 6 rings (SSSR count). The monoisotopic (exact) mass is 814 g/mol. The van der Waals surface area contributed by atoms with Crippen molar-refractivity contribution in [1.29, 1.82) is 0 Å². The van der Waals surface area contributed by atoms with Crippen LogP contribution in [0.25, 0.3) is 21.5 Å². The number of anilines is 4. The minimum atomic E-state index is -4.65. The van der Waals surface area contributed by atoms with E-state index in [1.807, 2.05) is 0 Å². The molecule has 8 N–H and O–H groups in total. The van der Waals surface area contributed by atoms with Gasteiger partial charge in [0.15, 0.2) is 0 Å². The Balaban J connectivity index is 1.08. The summed E-state index contributed by atoms with van der Waals surface area (Å²) >= 11 is 0. The maximum absolute atomic E-state index is 13.0. The third kappa shape index (κ3) is 8.30. The number of carbonyl (C=O) groups is 1. The average molecular weight is 815 g/mol. The third-order valence-corrected chi connectivity index (χ3v) is 12.2. The number of urea groups is 1. The van der Waals surface area contributed by atoms with Crippen LogP contribution in [0.3, 0.4) is 0 Å². The zero-order valence-electron chi connectivity index (χ0n) is 27.0. The summed E-state index contributed by atoms with van der Waals surface area (Å²) in [5.41, 5.74) is 0.442. The fourth-order valence-corrected chi connectivity index (χ4v) is 8.40. The molecule has 17 nitrogen and oxygen atoms in total. The summed E-state index contributed by atoms with van der Waals surface area (Å²) in [5, 5.41) is 26.0. The Hall–Kier alpha value is -5.97. The van der Waals surface area contributed by atoms with E-state index in [-0.39, 0.29) is 54.1 Å². The Morgan fingerprint density at radius 1 is 0.426 bits per heavy atom. The third-order valence-electron chi connectivity index (χ3n) is 7.75. The molecular weight excluding hydrogens is 789 g/mol. The molecule has 280 valence electrons. The second-order valence-electron chi connectivity index (χ2n) is 11.5. The lowest BCUT2D eigenvalue weighted by Crippen LogP contribution is -2.20. The quantitative estimate of drug-likeness (QED) is 0.0833. The van der Waals surface area contributed by atoms with Crippen LogP contribution in [0.5, 0.6) is 11.5 Å². The highest BCUT2D eigenvalue weighted by molar-refractivity contribution is 7.93. The number of carbonyl (C=O) groups excluding carboxylic acids is 1. The number of aromatic hydroxyl groups is 2. The normalized spacial score (nSPS) is 12.3. The van der Waals surface area contributed by atoms with Crippen LogP contribution in [-0.4, -0.2) is 59.0 Å². The molecule has 0 saturated carbocycles. The molecule has 6 aromatic carbocycles. The zero-order chi connectivity index (χ0) is 39.2. The van der Waals surface area contributed by atoms with Crippen LogP contribution in [0.2, 0.25) is 0 Å². The van der Waals surface area contributed by atoms with Gasteiger partial charge in [0.05, 0.1) is 19.6 Å². The maximum Gasteiger partial charge on any atom is 0.323 e. The van der Waals surface area contributed by atoms with Crippen LogP contribution in [0.15, 0.2) is 129 Å². The average Bonchev–Trinajstić information content (AvgIpc) is 3.07. The van der Waals surface area contributed by atoms with Gasteiger partial charge in [-0.25, -0.2) is 21.6 Å².